The van der Waals surface area contributed by atoms with E-state index in [1.54, 1.807) is 20.8 Å². The third-order valence-electron chi connectivity index (χ3n) is 0.957. The summed E-state index contributed by atoms with van der Waals surface area (Å²) < 4.78 is 0. The molecule has 0 aliphatic rings. The SMILES string of the molecule is CC(C)O.CCCCCC.[CH2]C. The van der Waals surface area contributed by atoms with E-state index in [4.69, 9.17) is 5.11 Å². The lowest BCUT2D eigenvalue weighted by molar-refractivity contribution is 0.216. The van der Waals surface area contributed by atoms with Gasteiger partial charge in [-0.1, -0.05) is 53.4 Å². The van der Waals surface area contributed by atoms with Gasteiger partial charge in [-0.3, -0.25) is 0 Å². The van der Waals surface area contributed by atoms with Gasteiger partial charge in [0.2, 0.25) is 0 Å². The van der Waals surface area contributed by atoms with E-state index in [9.17, 15) is 0 Å². The highest BCUT2D eigenvalue weighted by molar-refractivity contribution is 4.31. The van der Waals surface area contributed by atoms with Gasteiger partial charge in [-0.05, 0) is 13.8 Å². The highest BCUT2D eigenvalue weighted by Crippen LogP contribution is 1.95. The predicted molar refractivity (Wildman–Crippen MR) is 58.2 cm³/mol. The Bertz CT molecular complexity index is 35.5. The summed E-state index contributed by atoms with van der Waals surface area (Å²) in [6.45, 7) is 12.9. The minimum Gasteiger partial charge on any atom is -0.394 e. The largest absolute Gasteiger partial charge is 0.394 e. The molecule has 0 spiro atoms. The van der Waals surface area contributed by atoms with Gasteiger partial charge < -0.3 is 5.11 Å². The first kappa shape index (κ1) is 17.9. The molecule has 0 atom stereocenters. The van der Waals surface area contributed by atoms with Crippen LogP contribution in [-0.2, 0) is 0 Å². The van der Waals surface area contributed by atoms with Crippen molar-refractivity contribution in [3.05, 3.63) is 6.92 Å². The van der Waals surface area contributed by atoms with Crippen LogP contribution >= 0.6 is 0 Å². The summed E-state index contributed by atoms with van der Waals surface area (Å²) in [4.78, 5) is 0. The Kier molecular flexibility index (Phi) is 33.5. The van der Waals surface area contributed by atoms with Crippen LogP contribution in [0.3, 0.4) is 0 Å². The van der Waals surface area contributed by atoms with Gasteiger partial charge in [0.15, 0.2) is 0 Å². The van der Waals surface area contributed by atoms with Crippen LogP contribution in [0.4, 0.5) is 0 Å². The van der Waals surface area contributed by atoms with Gasteiger partial charge in [-0.2, -0.15) is 0 Å². The molecule has 0 fully saturated rings. The molecule has 0 saturated carbocycles. The maximum atomic E-state index is 8.06. The average molecular weight is 175 g/mol. The van der Waals surface area contributed by atoms with Crippen molar-refractivity contribution in [1.29, 1.82) is 0 Å². The van der Waals surface area contributed by atoms with Gasteiger partial charge in [-0.25, -0.2) is 0 Å². The average Bonchev–Trinajstić information content (AvgIpc) is 2.04. The molecule has 0 amide bonds. The number of hydrogen-bond acceptors (Lipinski definition) is 1. The lowest BCUT2D eigenvalue weighted by Gasteiger charge is -1.86. The Morgan fingerprint density at radius 2 is 1.17 bits per heavy atom. The van der Waals surface area contributed by atoms with Crippen molar-refractivity contribution in [1.82, 2.24) is 0 Å². The highest BCUT2D eigenvalue weighted by Gasteiger charge is 1.75. The van der Waals surface area contributed by atoms with E-state index in [1.807, 2.05) is 0 Å². The monoisotopic (exact) mass is 175 g/mol. The molecule has 0 heterocycles. The molecule has 0 aliphatic carbocycles. The summed E-state index contributed by atoms with van der Waals surface area (Å²) in [5, 5.41) is 8.06. The van der Waals surface area contributed by atoms with Crippen LogP contribution < -0.4 is 0 Å². The molecule has 12 heavy (non-hydrogen) atoms. The Labute approximate surface area is 79.2 Å². The third kappa shape index (κ3) is 91.3. The first-order valence-corrected chi connectivity index (χ1v) is 5.03. The summed E-state index contributed by atoms with van der Waals surface area (Å²) in [7, 11) is 0. The van der Waals surface area contributed by atoms with Crippen LogP contribution in [0.25, 0.3) is 0 Å². The second kappa shape index (κ2) is 22.4. The van der Waals surface area contributed by atoms with Gasteiger partial charge in [-0.15, -0.1) is 0 Å². The fourth-order valence-electron chi connectivity index (χ4n) is 0.500. The highest BCUT2D eigenvalue weighted by atomic mass is 16.3. The molecule has 0 rings (SSSR count). The fraction of sp³-hybridized carbons (Fsp3) is 0.909. The van der Waals surface area contributed by atoms with Gasteiger partial charge in [0.1, 0.15) is 0 Å². The number of aliphatic hydroxyl groups is 1. The second-order valence-electron chi connectivity index (χ2n) is 2.80. The Morgan fingerprint density at radius 3 is 1.25 bits per heavy atom. The summed E-state index contributed by atoms with van der Waals surface area (Å²) in [5.41, 5.74) is 0. The maximum Gasteiger partial charge on any atom is 0.0483 e. The smallest absolute Gasteiger partial charge is 0.0483 e. The van der Waals surface area contributed by atoms with E-state index in [1.165, 1.54) is 25.7 Å². The van der Waals surface area contributed by atoms with Crippen molar-refractivity contribution in [2.24, 2.45) is 0 Å². The van der Waals surface area contributed by atoms with Crippen molar-refractivity contribution < 1.29 is 5.11 Å². The van der Waals surface area contributed by atoms with Gasteiger partial charge in [0.25, 0.3) is 0 Å². The summed E-state index contributed by atoms with van der Waals surface area (Å²) in [6.07, 6.45) is 5.37. The minimum absolute atomic E-state index is 0.167. The van der Waals surface area contributed by atoms with E-state index in [0.29, 0.717) is 0 Å². The van der Waals surface area contributed by atoms with Crippen molar-refractivity contribution in [2.75, 3.05) is 0 Å². The summed E-state index contributed by atoms with van der Waals surface area (Å²) in [5.74, 6) is 0. The number of rotatable bonds is 3. The topological polar surface area (TPSA) is 20.2 Å². The molecule has 0 bridgehead atoms. The lowest BCUT2D eigenvalue weighted by Crippen LogP contribution is -1.85. The Hall–Kier alpha value is -0.0400. The molecule has 1 nitrogen and oxygen atoms in total. The second-order valence-corrected chi connectivity index (χ2v) is 2.80. The van der Waals surface area contributed by atoms with Crippen LogP contribution in [0.1, 0.15) is 60.3 Å². The molecule has 1 radical (unpaired) electrons. The van der Waals surface area contributed by atoms with E-state index < -0.39 is 0 Å². The number of aliphatic hydroxyl groups excluding tert-OH is 1. The lowest BCUT2D eigenvalue weighted by atomic mass is 10.2. The first-order valence-electron chi connectivity index (χ1n) is 5.03. The molecule has 0 aliphatic heterocycles. The molecule has 77 valence electrons. The molecule has 0 aromatic rings. The van der Waals surface area contributed by atoms with Gasteiger partial charge >= 0.3 is 0 Å². The van der Waals surface area contributed by atoms with Crippen molar-refractivity contribution in [3.8, 4) is 0 Å². The molecule has 0 unspecified atom stereocenters. The van der Waals surface area contributed by atoms with E-state index in [0.717, 1.165) is 0 Å². The van der Waals surface area contributed by atoms with Crippen molar-refractivity contribution >= 4 is 0 Å². The van der Waals surface area contributed by atoms with Gasteiger partial charge in [0.05, 0.1) is 0 Å². The van der Waals surface area contributed by atoms with E-state index in [-0.39, 0.29) is 6.10 Å². The minimum atomic E-state index is -0.167. The molecular weight excluding hydrogens is 148 g/mol. The first-order chi connectivity index (χ1) is 5.65. The predicted octanol–water partition coefficient (Wildman–Crippen LogP) is 3.81. The molecule has 0 saturated heterocycles. The zero-order valence-electron chi connectivity index (χ0n) is 9.56. The quantitative estimate of drug-likeness (QED) is 0.647. The third-order valence-corrected chi connectivity index (χ3v) is 0.957. The molecule has 1 N–H and O–H groups in total. The molecule has 0 aromatic heterocycles. The fourth-order valence-corrected chi connectivity index (χ4v) is 0.500. The number of hydrogen-bond donors (Lipinski definition) is 1. The maximum absolute atomic E-state index is 8.06. The normalized spacial score (nSPS) is 8.00. The van der Waals surface area contributed by atoms with E-state index >= 15 is 0 Å². The zero-order valence-corrected chi connectivity index (χ0v) is 9.56. The van der Waals surface area contributed by atoms with E-state index in [2.05, 4.69) is 20.8 Å². The Morgan fingerprint density at radius 1 is 1.00 bits per heavy atom. The summed E-state index contributed by atoms with van der Waals surface area (Å²) >= 11 is 0. The molecule has 1 heteroatoms. The van der Waals surface area contributed by atoms with Crippen LogP contribution in [0, 0.1) is 6.92 Å². The van der Waals surface area contributed by atoms with Crippen molar-refractivity contribution in [3.63, 3.8) is 0 Å². The van der Waals surface area contributed by atoms with Crippen LogP contribution in [0.15, 0.2) is 0 Å². The molecule has 0 aromatic carbocycles. The van der Waals surface area contributed by atoms with Crippen molar-refractivity contribution in [2.45, 2.75) is 66.4 Å². The zero-order chi connectivity index (χ0) is 10.4. The van der Waals surface area contributed by atoms with Crippen LogP contribution in [-0.4, -0.2) is 11.2 Å². The van der Waals surface area contributed by atoms with Gasteiger partial charge in [0, 0.05) is 6.10 Å². The summed E-state index contributed by atoms with van der Waals surface area (Å²) in [6, 6.07) is 0. The molecular formula is C11H27O. The standard InChI is InChI=1S/C6H14.C3H8O.C2H5/c1-3-5-6-4-2;1-3(2)4;1-2/h3-6H2,1-2H3;3-4H,1-2H3;1H2,2H3. The van der Waals surface area contributed by atoms with Crippen LogP contribution in [0.5, 0.6) is 0 Å². The van der Waals surface area contributed by atoms with Crippen LogP contribution in [0.2, 0.25) is 0 Å². The Balaban J connectivity index is -0.000000118. The number of unbranched alkanes of at least 4 members (excludes halogenated alkanes) is 3.